The molecular weight excluding hydrogens is 438 g/mol. The third-order valence-corrected chi connectivity index (χ3v) is 5.73. The Morgan fingerprint density at radius 1 is 1.16 bits per heavy atom. The topological polar surface area (TPSA) is 124 Å². The quantitative estimate of drug-likeness (QED) is 0.327. The summed E-state index contributed by atoms with van der Waals surface area (Å²) in [6.45, 7) is 1.03. The number of amides is 2. The van der Waals surface area contributed by atoms with Crippen LogP contribution in [0.15, 0.2) is 36.7 Å². The number of ether oxygens (including phenoxy) is 1. The van der Waals surface area contributed by atoms with Gasteiger partial charge in [-0.1, -0.05) is 11.6 Å². The largest absolute Gasteiger partial charge is 0.633 e. The van der Waals surface area contributed by atoms with Gasteiger partial charge in [-0.3, -0.25) is 14.7 Å². The molecule has 2 aliphatic heterocycles. The van der Waals surface area contributed by atoms with Crippen molar-refractivity contribution in [2.24, 2.45) is 0 Å². The summed E-state index contributed by atoms with van der Waals surface area (Å²) in [5, 5.41) is 13.1. The molecule has 0 N–H and O–H groups in total. The fourth-order valence-corrected chi connectivity index (χ4v) is 3.85. The van der Waals surface area contributed by atoms with E-state index in [0.29, 0.717) is 5.65 Å². The average molecular weight is 456 g/mol. The number of fused-ring (bicyclic) bond motifs is 2. The van der Waals surface area contributed by atoms with E-state index in [9.17, 15) is 14.8 Å². The van der Waals surface area contributed by atoms with Gasteiger partial charge in [-0.05, 0) is 24.3 Å². The summed E-state index contributed by atoms with van der Waals surface area (Å²) in [6.07, 6.45) is 1.02. The molecule has 0 aromatic carbocycles. The summed E-state index contributed by atoms with van der Waals surface area (Å²) >= 11 is 5.99. The highest BCUT2D eigenvalue weighted by Gasteiger charge is 2.44. The van der Waals surface area contributed by atoms with Gasteiger partial charge in [0.25, 0.3) is 5.91 Å². The third-order valence-electron chi connectivity index (χ3n) is 5.52. The number of piperazine rings is 1. The SMILES string of the molecule is C[N+]1([O-])CCN(C(=O)OC2c3nccnc3C(=O)N2c2ccc3ccc(Cl)nc3n2)CC1. The van der Waals surface area contributed by atoms with Crippen molar-refractivity contribution in [3.05, 3.63) is 58.4 Å². The van der Waals surface area contributed by atoms with E-state index in [4.69, 9.17) is 16.3 Å². The van der Waals surface area contributed by atoms with Crippen LogP contribution in [0.25, 0.3) is 11.0 Å². The Hall–Kier alpha value is -3.41. The zero-order valence-electron chi connectivity index (χ0n) is 17.0. The Balaban J connectivity index is 1.49. The van der Waals surface area contributed by atoms with Gasteiger partial charge in [0.1, 0.15) is 16.7 Å². The number of halogens is 1. The van der Waals surface area contributed by atoms with Crippen molar-refractivity contribution in [3.8, 4) is 0 Å². The molecule has 0 saturated carbocycles. The van der Waals surface area contributed by atoms with Crippen LogP contribution >= 0.6 is 11.6 Å². The van der Waals surface area contributed by atoms with Crippen LogP contribution < -0.4 is 4.90 Å². The van der Waals surface area contributed by atoms with Gasteiger partial charge in [-0.15, -0.1) is 0 Å². The van der Waals surface area contributed by atoms with Crippen LogP contribution in [0.4, 0.5) is 10.6 Å². The lowest BCUT2D eigenvalue weighted by Gasteiger charge is -2.44. The van der Waals surface area contributed by atoms with E-state index in [1.165, 1.54) is 22.2 Å². The lowest BCUT2D eigenvalue weighted by molar-refractivity contribution is -0.864. The highest BCUT2D eigenvalue weighted by atomic mass is 35.5. The number of rotatable bonds is 2. The summed E-state index contributed by atoms with van der Waals surface area (Å²) in [5.41, 5.74) is 0.634. The van der Waals surface area contributed by atoms with E-state index in [0.717, 1.165) is 5.39 Å². The van der Waals surface area contributed by atoms with Crippen molar-refractivity contribution in [2.45, 2.75) is 6.23 Å². The van der Waals surface area contributed by atoms with Gasteiger partial charge in [0, 0.05) is 17.8 Å². The standard InChI is InChI=1S/C20H18ClN7O4/c1-28(31)10-8-26(9-11-28)20(30)32-19-16-15(22-6-7-23-16)18(29)27(19)14-5-3-12-2-4-13(21)24-17(12)25-14/h2-7,19H,8-11H2,1H3. The number of quaternary nitrogens is 1. The number of carbonyl (C=O) groups excluding carboxylic acids is 2. The third kappa shape index (κ3) is 3.60. The molecule has 1 atom stereocenters. The maximum atomic E-state index is 13.1. The number of aromatic nitrogens is 4. The first kappa shape index (κ1) is 20.5. The minimum atomic E-state index is -1.15. The van der Waals surface area contributed by atoms with Crippen LogP contribution in [0.2, 0.25) is 5.15 Å². The van der Waals surface area contributed by atoms with Crippen molar-refractivity contribution in [1.82, 2.24) is 24.8 Å². The highest BCUT2D eigenvalue weighted by molar-refractivity contribution is 6.29. The molecule has 0 spiro atoms. The molecule has 1 saturated heterocycles. The van der Waals surface area contributed by atoms with Crippen LogP contribution in [-0.4, -0.2) is 74.7 Å². The fraction of sp³-hybridized carbons (Fsp3) is 0.300. The molecule has 0 radical (unpaired) electrons. The second-order valence-corrected chi connectivity index (χ2v) is 8.17. The van der Waals surface area contributed by atoms with Gasteiger partial charge >= 0.3 is 6.09 Å². The van der Waals surface area contributed by atoms with Crippen molar-refractivity contribution < 1.29 is 19.0 Å². The number of carbonyl (C=O) groups is 2. The molecule has 12 heteroatoms. The second kappa shape index (κ2) is 7.62. The van der Waals surface area contributed by atoms with Crippen LogP contribution in [-0.2, 0) is 4.74 Å². The van der Waals surface area contributed by atoms with E-state index in [1.807, 2.05) is 0 Å². The minimum absolute atomic E-state index is 0.0775. The molecule has 11 nitrogen and oxygen atoms in total. The second-order valence-electron chi connectivity index (χ2n) is 7.78. The zero-order chi connectivity index (χ0) is 22.5. The van der Waals surface area contributed by atoms with Crippen LogP contribution in [0.5, 0.6) is 0 Å². The van der Waals surface area contributed by atoms with Crippen molar-refractivity contribution in [2.75, 3.05) is 38.1 Å². The molecule has 1 unspecified atom stereocenters. The number of hydrogen-bond donors (Lipinski definition) is 0. The Morgan fingerprint density at radius 2 is 1.88 bits per heavy atom. The van der Waals surface area contributed by atoms with E-state index < -0.39 is 22.9 Å². The summed E-state index contributed by atoms with van der Waals surface area (Å²) in [6, 6.07) is 6.78. The number of nitrogens with zero attached hydrogens (tertiary/aromatic N) is 7. The first-order chi connectivity index (χ1) is 15.3. The smallest absolute Gasteiger partial charge is 0.412 e. The fourth-order valence-electron chi connectivity index (χ4n) is 3.71. The lowest BCUT2D eigenvalue weighted by atomic mass is 10.3. The molecule has 0 bridgehead atoms. The molecule has 3 aromatic rings. The van der Waals surface area contributed by atoms with E-state index in [-0.39, 0.29) is 48.5 Å². The van der Waals surface area contributed by atoms with Gasteiger partial charge in [0.05, 0.1) is 33.2 Å². The van der Waals surface area contributed by atoms with E-state index in [2.05, 4.69) is 19.9 Å². The Kier molecular flexibility index (Phi) is 4.88. The van der Waals surface area contributed by atoms with Crippen LogP contribution in [0.3, 0.4) is 0 Å². The van der Waals surface area contributed by atoms with Gasteiger partial charge in [0.15, 0.2) is 11.3 Å². The Bertz CT molecular complexity index is 1230. The predicted octanol–water partition coefficient (Wildman–Crippen LogP) is 2.13. The first-order valence-electron chi connectivity index (χ1n) is 9.91. The Morgan fingerprint density at radius 3 is 2.66 bits per heavy atom. The van der Waals surface area contributed by atoms with Gasteiger partial charge in [-0.2, -0.15) is 0 Å². The molecule has 5 rings (SSSR count). The number of anilines is 1. The molecule has 0 aliphatic carbocycles. The molecule has 5 heterocycles. The molecule has 2 amide bonds. The monoisotopic (exact) mass is 455 g/mol. The normalized spacial score (nSPS) is 19.8. The minimum Gasteiger partial charge on any atom is -0.633 e. The maximum absolute atomic E-state index is 13.1. The van der Waals surface area contributed by atoms with Crippen molar-refractivity contribution in [3.63, 3.8) is 0 Å². The molecular formula is C20H18ClN7O4. The predicted molar refractivity (Wildman–Crippen MR) is 113 cm³/mol. The van der Waals surface area contributed by atoms with Crippen LogP contribution in [0, 0.1) is 5.21 Å². The molecule has 3 aromatic heterocycles. The summed E-state index contributed by atoms with van der Waals surface area (Å²) < 4.78 is 5.30. The Labute approximate surface area is 187 Å². The maximum Gasteiger partial charge on any atom is 0.412 e. The lowest BCUT2D eigenvalue weighted by Crippen LogP contribution is -2.55. The van der Waals surface area contributed by atoms with E-state index in [1.54, 1.807) is 31.3 Å². The number of pyridine rings is 2. The van der Waals surface area contributed by atoms with Gasteiger partial charge in [-0.25, -0.2) is 24.6 Å². The molecule has 1 fully saturated rings. The summed E-state index contributed by atoms with van der Waals surface area (Å²) in [4.78, 5) is 45.7. The highest BCUT2D eigenvalue weighted by Crippen LogP contribution is 2.36. The first-order valence-corrected chi connectivity index (χ1v) is 10.3. The van der Waals surface area contributed by atoms with Gasteiger partial charge in [0.2, 0.25) is 6.23 Å². The average Bonchev–Trinajstić information content (AvgIpc) is 3.05. The number of hydrogen-bond acceptors (Lipinski definition) is 8. The molecule has 164 valence electrons. The zero-order valence-corrected chi connectivity index (χ0v) is 17.8. The van der Waals surface area contributed by atoms with Gasteiger partial charge < -0.3 is 14.6 Å². The summed E-state index contributed by atoms with van der Waals surface area (Å²) in [5.74, 6) is -0.278. The number of likely N-dealkylation sites (N-methyl/N-ethyl adjacent to an activating group) is 1. The molecule has 2 aliphatic rings. The summed E-state index contributed by atoms with van der Waals surface area (Å²) in [7, 11) is 1.57. The van der Waals surface area contributed by atoms with Crippen molar-refractivity contribution >= 4 is 40.5 Å². The van der Waals surface area contributed by atoms with Crippen molar-refractivity contribution in [1.29, 1.82) is 0 Å². The van der Waals surface area contributed by atoms with Crippen LogP contribution in [0.1, 0.15) is 22.4 Å². The number of hydroxylamine groups is 3. The molecule has 32 heavy (non-hydrogen) atoms. The van der Waals surface area contributed by atoms with E-state index >= 15 is 0 Å².